The molecular weight excluding hydrogens is 420 g/mol. The Morgan fingerprint density at radius 1 is 1.00 bits per heavy atom. The number of rotatable bonds is 6. The van der Waals surface area contributed by atoms with Crippen LogP contribution in [0, 0.1) is 0 Å². The van der Waals surface area contributed by atoms with Crippen molar-refractivity contribution in [2.24, 2.45) is 0 Å². The fourth-order valence-corrected chi connectivity index (χ4v) is 4.32. The molecule has 0 saturated heterocycles. The van der Waals surface area contributed by atoms with Crippen LogP contribution in [-0.2, 0) is 11.2 Å². The van der Waals surface area contributed by atoms with Crippen LogP contribution >= 0.6 is 11.3 Å². The van der Waals surface area contributed by atoms with E-state index in [1.807, 2.05) is 72.8 Å². The van der Waals surface area contributed by atoms with Gasteiger partial charge in [0.25, 0.3) is 5.91 Å². The zero-order valence-electron chi connectivity index (χ0n) is 17.3. The quantitative estimate of drug-likeness (QED) is 0.412. The van der Waals surface area contributed by atoms with Gasteiger partial charge >= 0.3 is 0 Å². The summed E-state index contributed by atoms with van der Waals surface area (Å²) in [7, 11) is 0. The highest BCUT2D eigenvalue weighted by Crippen LogP contribution is 2.24. The fourth-order valence-electron chi connectivity index (χ4n) is 3.32. The number of nitrogens with zero attached hydrogens (tertiary/aromatic N) is 5. The van der Waals surface area contributed by atoms with Crippen molar-refractivity contribution in [1.29, 1.82) is 0 Å². The smallest absolute Gasteiger partial charge is 0.250 e. The average Bonchev–Trinajstić information content (AvgIpc) is 3.47. The van der Waals surface area contributed by atoms with Crippen molar-refractivity contribution in [1.82, 2.24) is 25.2 Å². The summed E-state index contributed by atoms with van der Waals surface area (Å²) in [5.74, 6) is 0.283. The second-order valence-electron chi connectivity index (χ2n) is 7.41. The van der Waals surface area contributed by atoms with Crippen molar-refractivity contribution in [3.05, 3.63) is 89.4 Å². The molecular formula is C24H20N6OS. The van der Waals surface area contributed by atoms with Crippen molar-refractivity contribution in [3.8, 4) is 11.4 Å². The van der Waals surface area contributed by atoms with Crippen LogP contribution in [0.15, 0.2) is 78.9 Å². The van der Waals surface area contributed by atoms with Crippen LogP contribution in [0.25, 0.3) is 21.6 Å². The van der Waals surface area contributed by atoms with Crippen LogP contribution < -0.4 is 5.32 Å². The third kappa shape index (κ3) is 4.26. The van der Waals surface area contributed by atoms with Crippen molar-refractivity contribution in [2.75, 3.05) is 5.32 Å². The minimum atomic E-state index is -0.595. The van der Waals surface area contributed by atoms with Crippen LogP contribution in [0.3, 0.4) is 0 Å². The maximum Gasteiger partial charge on any atom is 0.250 e. The van der Waals surface area contributed by atoms with Gasteiger partial charge in [0.05, 0.1) is 15.2 Å². The Hall–Kier alpha value is -3.91. The number of fused-ring (bicyclic) bond motifs is 1. The topological polar surface area (TPSA) is 85.6 Å². The molecule has 32 heavy (non-hydrogen) atoms. The second kappa shape index (κ2) is 8.68. The van der Waals surface area contributed by atoms with Gasteiger partial charge in [-0.25, -0.2) is 4.98 Å². The number of tetrazole rings is 1. The Morgan fingerprint density at radius 2 is 1.75 bits per heavy atom. The van der Waals surface area contributed by atoms with Crippen molar-refractivity contribution in [3.63, 3.8) is 0 Å². The highest BCUT2D eigenvalue weighted by atomic mass is 32.1. The molecule has 8 heteroatoms. The minimum Gasteiger partial charge on any atom is -0.324 e. The number of carbonyl (C=O) groups is 1. The molecule has 1 unspecified atom stereocenters. The summed E-state index contributed by atoms with van der Waals surface area (Å²) in [4.78, 5) is 18.7. The van der Waals surface area contributed by atoms with E-state index < -0.39 is 6.04 Å². The molecule has 0 aliphatic carbocycles. The number of carbonyl (C=O) groups excluding carboxylic acids is 1. The Bertz CT molecular complexity index is 1330. The molecule has 0 radical (unpaired) electrons. The highest BCUT2D eigenvalue weighted by molar-refractivity contribution is 7.18. The van der Waals surface area contributed by atoms with Crippen LogP contribution in [0.1, 0.15) is 23.5 Å². The van der Waals surface area contributed by atoms with E-state index in [0.717, 1.165) is 33.8 Å². The first-order valence-electron chi connectivity index (χ1n) is 10.2. The lowest BCUT2D eigenvalue weighted by molar-refractivity contribution is -0.119. The lowest BCUT2D eigenvalue weighted by atomic mass is 10.1. The van der Waals surface area contributed by atoms with E-state index in [2.05, 4.69) is 31.8 Å². The monoisotopic (exact) mass is 440 g/mol. The number of nitrogens with one attached hydrogen (secondary N) is 1. The molecule has 2 heterocycles. The number of benzene rings is 3. The summed E-state index contributed by atoms with van der Waals surface area (Å²) in [6, 6.07) is 24.9. The molecule has 0 bridgehead atoms. The summed E-state index contributed by atoms with van der Waals surface area (Å²) >= 11 is 1.71. The number of hydrogen-bond donors (Lipinski definition) is 1. The minimum absolute atomic E-state index is 0.207. The summed E-state index contributed by atoms with van der Waals surface area (Å²) in [5, 5.41) is 16.4. The molecule has 0 spiro atoms. The first-order valence-corrected chi connectivity index (χ1v) is 11.1. The van der Waals surface area contributed by atoms with E-state index in [0.29, 0.717) is 5.82 Å². The van der Waals surface area contributed by atoms with Gasteiger partial charge in [-0.15, -0.1) is 21.5 Å². The molecule has 2 aromatic heterocycles. The third-order valence-electron chi connectivity index (χ3n) is 5.10. The molecule has 0 fully saturated rings. The largest absolute Gasteiger partial charge is 0.324 e. The lowest BCUT2D eigenvalue weighted by Crippen LogP contribution is -2.25. The van der Waals surface area contributed by atoms with Gasteiger partial charge in [0.1, 0.15) is 6.04 Å². The fraction of sp³-hybridized carbons (Fsp3) is 0.125. The Labute approximate surface area is 188 Å². The summed E-state index contributed by atoms with van der Waals surface area (Å²) in [6.07, 6.45) is 0.759. The Kier molecular flexibility index (Phi) is 5.43. The molecule has 3 aromatic carbocycles. The molecule has 7 nitrogen and oxygen atoms in total. The standard InChI is InChI=1S/C24H20N6OS/c1-16(30-28-23(27-29-30)18-7-3-2-4-8-18)24(31)25-19-13-11-17(12-14-19)15-22-26-20-9-5-6-10-21(20)32-22/h2-14,16H,15H2,1H3,(H,25,31). The van der Waals surface area contributed by atoms with Gasteiger partial charge < -0.3 is 5.32 Å². The predicted octanol–water partition coefficient (Wildman–Crippen LogP) is 4.74. The first-order chi connectivity index (χ1) is 15.7. The van der Waals surface area contributed by atoms with Gasteiger partial charge in [-0.1, -0.05) is 54.6 Å². The van der Waals surface area contributed by atoms with Gasteiger partial charge in [-0.2, -0.15) is 4.80 Å². The van der Waals surface area contributed by atoms with E-state index >= 15 is 0 Å². The van der Waals surface area contributed by atoms with E-state index in [4.69, 9.17) is 0 Å². The number of hydrogen-bond acceptors (Lipinski definition) is 6. The maximum absolute atomic E-state index is 12.7. The zero-order valence-corrected chi connectivity index (χ0v) is 18.2. The van der Waals surface area contributed by atoms with Crippen LogP contribution in [0.5, 0.6) is 0 Å². The maximum atomic E-state index is 12.7. The molecule has 1 amide bonds. The third-order valence-corrected chi connectivity index (χ3v) is 6.14. The summed E-state index contributed by atoms with van der Waals surface area (Å²) < 4.78 is 1.19. The van der Waals surface area contributed by atoms with Gasteiger partial charge in [-0.3, -0.25) is 4.79 Å². The highest BCUT2D eigenvalue weighted by Gasteiger charge is 2.19. The molecule has 5 aromatic rings. The van der Waals surface area contributed by atoms with E-state index in [-0.39, 0.29) is 5.91 Å². The Morgan fingerprint density at radius 3 is 2.53 bits per heavy atom. The molecule has 158 valence electrons. The van der Waals surface area contributed by atoms with Gasteiger partial charge in [0.2, 0.25) is 5.82 Å². The van der Waals surface area contributed by atoms with E-state index in [1.165, 1.54) is 9.50 Å². The SMILES string of the molecule is CC(C(=O)Nc1ccc(Cc2nc3ccccc3s2)cc1)n1nnc(-c2ccccc2)n1. The second-order valence-corrected chi connectivity index (χ2v) is 8.53. The van der Waals surface area contributed by atoms with Crippen molar-refractivity contribution < 1.29 is 4.79 Å². The molecule has 5 rings (SSSR count). The number of para-hydroxylation sites is 1. The normalized spacial score (nSPS) is 12.0. The van der Waals surface area contributed by atoms with Gasteiger partial charge in [-0.05, 0) is 42.0 Å². The lowest BCUT2D eigenvalue weighted by Gasteiger charge is -2.11. The number of thiazole rings is 1. The van der Waals surface area contributed by atoms with Crippen LogP contribution in [0.2, 0.25) is 0 Å². The van der Waals surface area contributed by atoms with Crippen molar-refractivity contribution >= 4 is 33.1 Å². The van der Waals surface area contributed by atoms with Crippen LogP contribution in [0.4, 0.5) is 5.69 Å². The zero-order chi connectivity index (χ0) is 21.9. The Balaban J connectivity index is 1.23. The van der Waals surface area contributed by atoms with E-state index in [1.54, 1.807) is 18.3 Å². The number of aromatic nitrogens is 5. The molecule has 1 N–H and O–H groups in total. The number of anilines is 1. The predicted molar refractivity (Wildman–Crippen MR) is 125 cm³/mol. The van der Waals surface area contributed by atoms with Gasteiger partial charge in [0.15, 0.2) is 0 Å². The number of amides is 1. The molecule has 0 saturated carbocycles. The summed E-state index contributed by atoms with van der Waals surface area (Å²) in [5.41, 5.74) is 3.75. The van der Waals surface area contributed by atoms with Crippen LogP contribution in [-0.4, -0.2) is 31.1 Å². The average molecular weight is 441 g/mol. The summed E-state index contributed by atoms with van der Waals surface area (Å²) in [6.45, 7) is 1.74. The molecule has 1 atom stereocenters. The first kappa shape index (κ1) is 20.0. The molecule has 0 aliphatic heterocycles. The van der Waals surface area contributed by atoms with E-state index in [9.17, 15) is 4.79 Å². The van der Waals surface area contributed by atoms with Crippen molar-refractivity contribution in [2.45, 2.75) is 19.4 Å². The van der Waals surface area contributed by atoms with Gasteiger partial charge in [0, 0.05) is 17.7 Å². The molecule has 0 aliphatic rings.